The smallest absolute Gasteiger partial charge is 0.127 e. The highest BCUT2D eigenvalue weighted by Gasteiger charge is 2.07. The van der Waals surface area contributed by atoms with Crippen molar-refractivity contribution in [2.45, 2.75) is 13.1 Å². The SMILES string of the molecule is NCc1cc(CN(CCO)CCO)ccc1F. The van der Waals surface area contributed by atoms with Crippen LogP contribution in [0.15, 0.2) is 18.2 Å². The molecule has 17 heavy (non-hydrogen) atoms. The molecule has 0 heterocycles. The van der Waals surface area contributed by atoms with E-state index in [2.05, 4.69) is 0 Å². The van der Waals surface area contributed by atoms with Crippen molar-refractivity contribution in [3.8, 4) is 0 Å². The third-order valence-corrected chi connectivity index (χ3v) is 2.57. The molecule has 0 amide bonds. The summed E-state index contributed by atoms with van der Waals surface area (Å²) in [5.41, 5.74) is 6.84. The number of hydrogen-bond acceptors (Lipinski definition) is 4. The van der Waals surface area contributed by atoms with Crippen LogP contribution in [0.5, 0.6) is 0 Å². The molecule has 0 atom stereocenters. The lowest BCUT2D eigenvalue weighted by molar-refractivity contribution is 0.156. The van der Waals surface area contributed by atoms with E-state index in [4.69, 9.17) is 15.9 Å². The van der Waals surface area contributed by atoms with E-state index in [-0.39, 0.29) is 25.6 Å². The van der Waals surface area contributed by atoms with Gasteiger partial charge in [-0.2, -0.15) is 0 Å². The van der Waals surface area contributed by atoms with Gasteiger partial charge in [-0.05, 0) is 11.6 Å². The Morgan fingerprint density at radius 3 is 2.35 bits per heavy atom. The zero-order valence-corrected chi connectivity index (χ0v) is 9.77. The summed E-state index contributed by atoms with van der Waals surface area (Å²) in [4.78, 5) is 1.90. The predicted octanol–water partition coefficient (Wildman–Crippen LogP) is 0.0710. The van der Waals surface area contributed by atoms with E-state index in [0.717, 1.165) is 5.56 Å². The molecule has 0 fully saturated rings. The second kappa shape index (κ2) is 7.34. The Morgan fingerprint density at radius 2 is 1.82 bits per heavy atom. The number of rotatable bonds is 7. The quantitative estimate of drug-likeness (QED) is 0.633. The van der Waals surface area contributed by atoms with Gasteiger partial charge in [-0.3, -0.25) is 4.90 Å². The van der Waals surface area contributed by atoms with Gasteiger partial charge >= 0.3 is 0 Å². The Balaban J connectivity index is 2.71. The molecule has 5 heteroatoms. The average molecular weight is 242 g/mol. The molecule has 0 aliphatic carbocycles. The van der Waals surface area contributed by atoms with Crippen LogP contribution < -0.4 is 5.73 Å². The minimum atomic E-state index is -0.299. The van der Waals surface area contributed by atoms with Gasteiger partial charge in [-0.15, -0.1) is 0 Å². The van der Waals surface area contributed by atoms with Gasteiger partial charge in [-0.1, -0.05) is 12.1 Å². The zero-order chi connectivity index (χ0) is 12.7. The van der Waals surface area contributed by atoms with Crippen LogP contribution in [-0.2, 0) is 13.1 Å². The molecule has 4 nitrogen and oxygen atoms in total. The van der Waals surface area contributed by atoms with E-state index in [1.54, 1.807) is 12.1 Å². The molecule has 1 rings (SSSR count). The monoisotopic (exact) mass is 242 g/mol. The highest BCUT2D eigenvalue weighted by atomic mass is 19.1. The van der Waals surface area contributed by atoms with Crippen molar-refractivity contribution in [1.29, 1.82) is 0 Å². The fourth-order valence-electron chi connectivity index (χ4n) is 1.69. The molecular weight excluding hydrogens is 223 g/mol. The van der Waals surface area contributed by atoms with Crippen LogP contribution in [-0.4, -0.2) is 41.4 Å². The number of halogens is 1. The second-order valence-electron chi connectivity index (χ2n) is 3.85. The molecule has 0 aliphatic rings. The summed E-state index contributed by atoms with van der Waals surface area (Å²) in [5.74, 6) is -0.299. The van der Waals surface area contributed by atoms with Crippen LogP contribution in [0.25, 0.3) is 0 Å². The summed E-state index contributed by atoms with van der Waals surface area (Å²) in [6, 6.07) is 4.81. The van der Waals surface area contributed by atoms with E-state index >= 15 is 0 Å². The maximum Gasteiger partial charge on any atom is 0.127 e. The molecule has 0 unspecified atom stereocenters. The number of nitrogens with zero attached hydrogens (tertiary/aromatic N) is 1. The van der Waals surface area contributed by atoms with E-state index in [0.29, 0.717) is 25.2 Å². The van der Waals surface area contributed by atoms with Gasteiger partial charge in [0.15, 0.2) is 0 Å². The van der Waals surface area contributed by atoms with Gasteiger partial charge in [-0.25, -0.2) is 4.39 Å². The molecular formula is C12H19FN2O2. The van der Waals surface area contributed by atoms with E-state index in [9.17, 15) is 4.39 Å². The number of aliphatic hydroxyl groups is 2. The van der Waals surface area contributed by atoms with Crippen LogP contribution >= 0.6 is 0 Å². The van der Waals surface area contributed by atoms with Crippen LogP contribution in [0.3, 0.4) is 0 Å². The number of nitrogens with two attached hydrogens (primary N) is 1. The van der Waals surface area contributed by atoms with Crippen molar-refractivity contribution < 1.29 is 14.6 Å². The molecule has 1 aromatic carbocycles. The third-order valence-electron chi connectivity index (χ3n) is 2.57. The van der Waals surface area contributed by atoms with Crippen molar-refractivity contribution in [3.05, 3.63) is 35.1 Å². The van der Waals surface area contributed by atoms with Crippen molar-refractivity contribution in [3.63, 3.8) is 0 Å². The fourth-order valence-corrected chi connectivity index (χ4v) is 1.69. The lowest BCUT2D eigenvalue weighted by Crippen LogP contribution is -2.29. The number of aliphatic hydroxyl groups excluding tert-OH is 2. The molecule has 0 bridgehead atoms. The molecule has 0 radical (unpaired) electrons. The molecule has 0 aromatic heterocycles. The van der Waals surface area contributed by atoms with E-state index in [1.165, 1.54) is 6.07 Å². The summed E-state index contributed by atoms with van der Waals surface area (Å²) in [5, 5.41) is 17.8. The first-order valence-electron chi connectivity index (χ1n) is 5.62. The van der Waals surface area contributed by atoms with Crippen LogP contribution in [0.1, 0.15) is 11.1 Å². The molecule has 0 aliphatic heterocycles. The van der Waals surface area contributed by atoms with Gasteiger partial charge in [0.2, 0.25) is 0 Å². The summed E-state index contributed by atoms with van der Waals surface area (Å²) >= 11 is 0. The fraction of sp³-hybridized carbons (Fsp3) is 0.500. The van der Waals surface area contributed by atoms with Crippen LogP contribution in [0, 0.1) is 5.82 Å². The largest absolute Gasteiger partial charge is 0.395 e. The second-order valence-corrected chi connectivity index (χ2v) is 3.85. The standard InChI is InChI=1S/C12H19FN2O2/c13-12-2-1-10(7-11(12)8-14)9-15(3-5-16)4-6-17/h1-2,7,16-17H,3-6,8-9,14H2. The molecule has 96 valence electrons. The Bertz CT molecular complexity index is 341. The van der Waals surface area contributed by atoms with Gasteiger partial charge in [0.1, 0.15) is 5.82 Å². The van der Waals surface area contributed by atoms with Crippen molar-refractivity contribution in [2.75, 3.05) is 26.3 Å². The molecule has 4 N–H and O–H groups in total. The summed E-state index contributed by atoms with van der Waals surface area (Å²) < 4.78 is 13.2. The van der Waals surface area contributed by atoms with E-state index < -0.39 is 0 Å². The van der Waals surface area contributed by atoms with Gasteiger partial charge in [0.05, 0.1) is 13.2 Å². The number of benzene rings is 1. The topological polar surface area (TPSA) is 69.7 Å². The Kier molecular flexibility index (Phi) is 6.07. The van der Waals surface area contributed by atoms with Crippen LogP contribution in [0.4, 0.5) is 4.39 Å². The van der Waals surface area contributed by atoms with Crippen molar-refractivity contribution >= 4 is 0 Å². The van der Waals surface area contributed by atoms with E-state index in [1.807, 2.05) is 4.90 Å². The molecule has 1 aromatic rings. The lowest BCUT2D eigenvalue weighted by atomic mass is 10.1. The molecule has 0 saturated heterocycles. The Labute approximate surface area is 100 Å². The first-order valence-corrected chi connectivity index (χ1v) is 5.62. The zero-order valence-electron chi connectivity index (χ0n) is 9.77. The van der Waals surface area contributed by atoms with Crippen molar-refractivity contribution in [2.24, 2.45) is 5.73 Å². The summed E-state index contributed by atoms with van der Waals surface area (Å²) in [6.45, 7) is 1.76. The summed E-state index contributed by atoms with van der Waals surface area (Å²) in [7, 11) is 0. The van der Waals surface area contributed by atoms with Gasteiger partial charge in [0, 0.05) is 31.7 Å². The Morgan fingerprint density at radius 1 is 1.18 bits per heavy atom. The maximum atomic E-state index is 13.2. The Hall–Kier alpha value is -1.01. The highest BCUT2D eigenvalue weighted by Crippen LogP contribution is 2.12. The van der Waals surface area contributed by atoms with Gasteiger partial charge in [0.25, 0.3) is 0 Å². The predicted molar refractivity (Wildman–Crippen MR) is 63.7 cm³/mol. The third kappa shape index (κ3) is 4.40. The highest BCUT2D eigenvalue weighted by molar-refractivity contribution is 5.25. The van der Waals surface area contributed by atoms with Crippen molar-refractivity contribution in [1.82, 2.24) is 4.90 Å². The van der Waals surface area contributed by atoms with Crippen LogP contribution in [0.2, 0.25) is 0 Å². The maximum absolute atomic E-state index is 13.2. The molecule has 0 spiro atoms. The number of hydrogen-bond donors (Lipinski definition) is 3. The lowest BCUT2D eigenvalue weighted by Gasteiger charge is -2.20. The minimum Gasteiger partial charge on any atom is -0.395 e. The average Bonchev–Trinajstić information content (AvgIpc) is 2.32. The van der Waals surface area contributed by atoms with Gasteiger partial charge < -0.3 is 15.9 Å². The summed E-state index contributed by atoms with van der Waals surface area (Å²) in [6.07, 6.45) is 0. The minimum absolute atomic E-state index is 0.0327. The first-order chi connectivity index (χ1) is 8.21. The normalized spacial score (nSPS) is 11.1. The first kappa shape index (κ1) is 14.1. The molecule has 0 saturated carbocycles.